The zero-order valence-electron chi connectivity index (χ0n) is 15.0. The predicted molar refractivity (Wildman–Crippen MR) is 102 cm³/mol. The van der Waals surface area contributed by atoms with Crippen molar-refractivity contribution in [1.29, 1.82) is 0 Å². The minimum absolute atomic E-state index is 0.0207. The van der Waals surface area contributed by atoms with E-state index in [0.717, 1.165) is 5.56 Å². The molecule has 0 bridgehead atoms. The molecule has 0 heterocycles. The molecule has 2 aromatic rings. The molecule has 1 amide bonds. The molecule has 0 aliphatic rings. The Balaban J connectivity index is 2.02. The van der Waals surface area contributed by atoms with E-state index in [2.05, 4.69) is 5.32 Å². The molecule has 0 saturated carbocycles. The Morgan fingerprint density at radius 1 is 1.23 bits per heavy atom. The first kappa shape index (κ1) is 19.9. The number of nitro groups is 1. The fraction of sp³-hybridized carbons (Fsp3) is 0.316. The standard InChI is InChI=1S/C19H22ClN3O3/c1-13(15-7-5-4-6-8-15)21-19(24)14(2)22(3)12-16-11-17(23(25)26)9-10-18(16)20/h4-11,13-14H,12H2,1-3H3,(H,21,24). The van der Waals surface area contributed by atoms with E-state index in [4.69, 9.17) is 11.6 Å². The number of benzene rings is 2. The summed E-state index contributed by atoms with van der Waals surface area (Å²) in [4.78, 5) is 24.8. The molecule has 2 unspecified atom stereocenters. The van der Waals surface area contributed by atoms with E-state index in [0.29, 0.717) is 17.1 Å². The number of amides is 1. The van der Waals surface area contributed by atoms with Crippen LogP contribution in [0.1, 0.15) is 31.0 Å². The van der Waals surface area contributed by atoms with E-state index in [-0.39, 0.29) is 17.6 Å². The predicted octanol–water partition coefficient (Wildman–Crippen LogP) is 3.95. The lowest BCUT2D eigenvalue weighted by atomic mass is 10.1. The number of hydrogen-bond acceptors (Lipinski definition) is 4. The molecule has 0 spiro atoms. The highest BCUT2D eigenvalue weighted by molar-refractivity contribution is 6.31. The van der Waals surface area contributed by atoms with Crippen molar-refractivity contribution in [3.05, 3.63) is 74.8 Å². The van der Waals surface area contributed by atoms with Crippen LogP contribution in [0.15, 0.2) is 48.5 Å². The Kier molecular flexibility index (Phi) is 6.71. The number of non-ortho nitro benzene ring substituents is 1. The van der Waals surface area contributed by atoms with Crippen LogP contribution in [-0.4, -0.2) is 28.8 Å². The van der Waals surface area contributed by atoms with Crippen molar-refractivity contribution in [1.82, 2.24) is 10.2 Å². The monoisotopic (exact) mass is 375 g/mol. The molecule has 7 heteroatoms. The maximum Gasteiger partial charge on any atom is 0.269 e. The van der Waals surface area contributed by atoms with Crippen LogP contribution in [0.3, 0.4) is 0 Å². The van der Waals surface area contributed by atoms with Gasteiger partial charge in [-0.3, -0.25) is 19.8 Å². The van der Waals surface area contributed by atoms with Gasteiger partial charge in [-0.25, -0.2) is 0 Å². The fourth-order valence-corrected chi connectivity index (χ4v) is 2.74. The number of carbonyl (C=O) groups excluding carboxylic acids is 1. The van der Waals surface area contributed by atoms with E-state index in [1.807, 2.05) is 37.3 Å². The summed E-state index contributed by atoms with van der Waals surface area (Å²) in [6.07, 6.45) is 0. The molecule has 0 aromatic heterocycles. The number of rotatable bonds is 7. The highest BCUT2D eigenvalue weighted by Crippen LogP contribution is 2.23. The lowest BCUT2D eigenvalue weighted by molar-refractivity contribution is -0.384. The maximum atomic E-state index is 12.5. The fourth-order valence-electron chi connectivity index (χ4n) is 2.56. The summed E-state index contributed by atoms with van der Waals surface area (Å²) < 4.78 is 0. The molecule has 0 fully saturated rings. The Hall–Kier alpha value is -2.44. The van der Waals surface area contributed by atoms with Gasteiger partial charge in [0.2, 0.25) is 5.91 Å². The second kappa shape index (κ2) is 8.78. The molecule has 0 aliphatic heterocycles. The lowest BCUT2D eigenvalue weighted by Gasteiger charge is -2.26. The van der Waals surface area contributed by atoms with Crippen molar-refractivity contribution in [2.45, 2.75) is 32.5 Å². The summed E-state index contributed by atoms with van der Waals surface area (Å²) >= 11 is 6.14. The molecule has 138 valence electrons. The Labute approximate surface area is 157 Å². The lowest BCUT2D eigenvalue weighted by Crippen LogP contribution is -2.43. The largest absolute Gasteiger partial charge is 0.348 e. The molecule has 1 N–H and O–H groups in total. The average molecular weight is 376 g/mol. The van der Waals surface area contributed by atoms with Gasteiger partial charge in [0.1, 0.15) is 0 Å². The van der Waals surface area contributed by atoms with Gasteiger partial charge in [0, 0.05) is 23.7 Å². The van der Waals surface area contributed by atoms with E-state index >= 15 is 0 Å². The Bertz CT molecular complexity index is 783. The van der Waals surface area contributed by atoms with Crippen molar-refractivity contribution in [2.75, 3.05) is 7.05 Å². The first-order valence-corrected chi connectivity index (χ1v) is 8.65. The number of nitrogens with zero attached hydrogens (tertiary/aromatic N) is 2. The molecule has 0 saturated heterocycles. The van der Waals surface area contributed by atoms with E-state index in [1.165, 1.54) is 18.2 Å². The Morgan fingerprint density at radius 2 is 1.88 bits per heavy atom. The first-order valence-electron chi connectivity index (χ1n) is 8.28. The zero-order valence-corrected chi connectivity index (χ0v) is 15.7. The molecular formula is C19H22ClN3O3. The third kappa shape index (κ3) is 5.03. The van der Waals surface area contributed by atoms with Gasteiger partial charge in [-0.2, -0.15) is 0 Å². The average Bonchev–Trinajstić information content (AvgIpc) is 2.63. The quantitative estimate of drug-likeness (QED) is 0.587. The van der Waals surface area contributed by atoms with Crippen LogP contribution >= 0.6 is 11.6 Å². The number of hydrogen-bond donors (Lipinski definition) is 1. The van der Waals surface area contributed by atoms with Crippen LogP contribution < -0.4 is 5.32 Å². The van der Waals surface area contributed by atoms with Crippen LogP contribution in [0.5, 0.6) is 0 Å². The number of likely N-dealkylation sites (N-methyl/N-ethyl adjacent to an activating group) is 1. The summed E-state index contributed by atoms with van der Waals surface area (Å²) in [5.74, 6) is -0.120. The maximum absolute atomic E-state index is 12.5. The number of nitrogens with one attached hydrogen (secondary N) is 1. The highest BCUT2D eigenvalue weighted by Gasteiger charge is 2.21. The van der Waals surface area contributed by atoms with Crippen LogP contribution in [0, 0.1) is 10.1 Å². The smallest absolute Gasteiger partial charge is 0.269 e. The van der Waals surface area contributed by atoms with Gasteiger partial charge in [0.05, 0.1) is 17.0 Å². The van der Waals surface area contributed by atoms with Crippen molar-refractivity contribution >= 4 is 23.2 Å². The van der Waals surface area contributed by atoms with Crippen LogP contribution in [0.25, 0.3) is 0 Å². The minimum atomic E-state index is -0.461. The van der Waals surface area contributed by atoms with E-state index in [9.17, 15) is 14.9 Å². The van der Waals surface area contributed by atoms with Gasteiger partial charge in [-0.05, 0) is 38.1 Å². The minimum Gasteiger partial charge on any atom is -0.348 e. The second-order valence-corrected chi connectivity index (χ2v) is 6.67. The summed E-state index contributed by atoms with van der Waals surface area (Å²) in [7, 11) is 1.78. The van der Waals surface area contributed by atoms with Gasteiger partial charge in [0.15, 0.2) is 0 Å². The van der Waals surface area contributed by atoms with Gasteiger partial charge >= 0.3 is 0 Å². The molecule has 2 atom stereocenters. The Morgan fingerprint density at radius 3 is 2.50 bits per heavy atom. The third-order valence-corrected chi connectivity index (χ3v) is 4.73. The normalized spacial score (nSPS) is 13.3. The first-order chi connectivity index (χ1) is 12.3. The molecular weight excluding hydrogens is 354 g/mol. The van der Waals surface area contributed by atoms with Crippen molar-refractivity contribution < 1.29 is 9.72 Å². The number of carbonyl (C=O) groups is 1. The molecule has 0 aliphatic carbocycles. The van der Waals surface area contributed by atoms with Crippen LogP contribution in [-0.2, 0) is 11.3 Å². The van der Waals surface area contributed by atoms with Gasteiger partial charge in [0.25, 0.3) is 5.69 Å². The zero-order chi connectivity index (χ0) is 19.3. The molecule has 6 nitrogen and oxygen atoms in total. The number of halogens is 1. The summed E-state index contributed by atoms with van der Waals surface area (Å²) in [5, 5.41) is 14.4. The molecule has 2 rings (SSSR count). The van der Waals surface area contributed by atoms with Crippen molar-refractivity contribution in [2.24, 2.45) is 0 Å². The highest BCUT2D eigenvalue weighted by atomic mass is 35.5. The summed E-state index contributed by atoms with van der Waals surface area (Å²) in [6, 6.07) is 13.5. The van der Waals surface area contributed by atoms with Gasteiger partial charge in [-0.15, -0.1) is 0 Å². The third-order valence-electron chi connectivity index (χ3n) is 4.36. The van der Waals surface area contributed by atoms with E-state index < -0.39 is 11.0 Å². The summed E-state index contributed by atoms with van der Waals surface area (Å²) in [6.45, 7) is 4.05. The topological polar surface area (TPSA) is 75.5 Å². The van der Waals surface area contributed by atoms with Crippen molar-refractivity contribution in [3.63, 3.8) is 0 Å². The molecule has 26 heavy (non-hydrogen) atoms. The molecule has 2 aromatic carbocycles. The molecule has 0 radical (unpaired) electrons. The van der Waals surface area contributed by atoms with Gasteiger partial charge in [-0.1, -0.05) is 41.9 Å². The van der Waals surface area contributed by atoms with Gasteiger partial charge < -0.3 is 5.32 Å². The van der Waals surface area contributed by atoms with E-state index in [1.54, 1.807) is 18.9 Å². The summed E-state index contributed by atoms with van der Waals surface area (Å²) in [5.41, 5.74) is 1.61. The van der Waals surface area contributed by atoms with Crippen LogP contribution in [0.2, 0.25) is 5.02 Å². The number of nitro benzene ring substituents is 1. The van der Waals surface area contributed by atoms with Crippen molar-refractivity contribution in [3.8, 4) is 0 Å². The SMILES string of the molecule is CC(NC(=O)C(C)N(C)Cc1cc([N+](=O)[O-])ccc1Cl)c1ccccc1. The second-order valence-electron chi connectivity index (χ2n) is 6.26. The van der Waals surface area contributed by atoms with Crippen LogP contribution in [0.4, 0.5) is 5.69 Å².